The predicted octanol–water partition coefficient (Wildman–Crippen LogP) is 2.44. The van der Waals surface area contributed by atoms with Crippen molar-refractivity contribution in [1.29, 1.82) is 5.26 Å². The van der Waals surface area contributed by atoms with E-state index in [-0.39, 0.29) is 16.9 Å². The molecule has 2 unspecified atom stereocenters. The lowest BCUT2D eigenvalue weighted by Crippen LogP contribution is -2.36. The monoisotopic (exact) mass is 312 g/mol. The van der Waals surface area contributed by atoms with E-state index in [1.54, 1.807) is 24.3 Å². The second-order valence-corrected chi connectivity index (χ2v) is 7.07. The first-order valence-corrected chi connectivity index (χ1v) is 8.65. The molecule has 0 aliphatic heterocycles. The van der Waals surface area contributed by atoms with Gasteiger partial charge in [-0.25, -0.2) is 13.1 Å². The smallest absolute Gasteiger partial charge is 0.207 e. The number of rotatable bonds is 5. The van der Waals surface area contributed by atoms with E-state index in [4.69, 9.17) is 16.9 Å². The quantitative estimate of drug-likeness (QED) is 0.849. The molecule has 0 heterocycles. The van der Waals surface area contributed by atoms with Gasteiger partial charge < -0.3 is 0 Å². The average Bonchev–Trinajstić information content (AvgIpc) is 2.86. The molecule has 0 saturated heterocycles. The SMILES string of the molecule is N#CC1CCCC1NS(=O)(=O)c1ccc(CCCl)cc1. The highest BCUT2D eigenvalue weighted by Crippen LogP contribution is 2.26. The van der Waals surface area contributed by atoms with Crippen LogP contribution in [0.2, 0.25) is 0 Å². The van der Waals surface area contributed by atoms with Crippen molar-refractivity contribution in [2.75, 3.05) is 5.88 Å². The number of sulfonamides is 1. The molecule has 6 heteroatoms. The summed E-state index contributed by atoms with van der Waals surface area (Å²) in [6.07, 6.45) is 3.09. The zero-order valence-electron chi connectivity index (χ0n) is 11.0. The molecule has 2 rings (SSSR count). The van der Waals surface area contributed by atoms with Gasteiger partial charge in [-0.05, 0) is 37.0 Å². The molecule has 0 amide bonds. The fraction of sp³-hybridized carbons (Fsp3) is 0.500. The first-order chi connectivity index (χ1) is 9.56. The molecular weight excluding hydrogens is 296 g/mol. The number of hydrogen-bond acceptors (Lipinski definition) is 3. The van der Waals surface area contributed by atoms with Gasteiger partial charge in [-0.2, -0.15) is 5.26 Å². The highest BCUT2D eigenvalue weighted by atomic mass is 35.5. The second-order valence-electron chi connectivity index (χ2n) is 4.98. The summed E-state index contributed by atoms with van der Waals surface area (Å²) in [5, 5.41) is 9.00. The summed E-state index contributed by atoms with van der Waals surface area (Å²) < 4.78 is 27.2. The molecule has 0 aromatic heterocycles. The van der Waals surface area contributed by atoms with Crippen LogP contribution in [0.4, 0.5) is 0 Å². The molecule has 108 valence electrons. The maximum absolute atomic E-state index is 12.3. The minimum absolute atomic E-state index is 0.222. The van der Waals surface area contributed by atoms with Crippen molar-refractivity contribution in [2.45, 2.75) is 36.6 Å². The number of hydrogen-bond donors (Lipinski definition) is 1. The largest absolute Gasteiger partial charge is 0.240 e. The maximum Gasteiger partial charge on any atom is 0.240 e. The molecule has 1 aliphatic rings. The molecule has 1 aliphatic carbocycles. The van der Waals surface area contributed by atoms with E-state index in [0.717, 1.165) is 24.8 Å². The highest BCUT2D eigenvalue weighted by molar-refractivity contribution is 7.89. The van der Waals surface area contributed by atoms with Crippen molar-refractivity contribution in [2.24, 2.45) is 5.92 Å². The van der Waals surface area contributed by atoms with Crippen LogP contribution >= 0.6 is 11.6 Å². The van der Waals surface area contributed by atoms with Gasteiger partial charge in [-0.15, -0.1) is 11.6 Å². The van der Waals surface area contributed by atoms with Crippen LogP contribution in [0.15, 0.2) is 29.2 Å². The summed E-state index contributed by atoms with van der Waals surface area (Å²) in [6, 6.07) is 8.61. The first kappa shape index (κ1) is 15.3. The van der Waals surface area contributed by atoms with Crippen LogP contribution in [0, 0.1) is 17.2 Å². The lowest BCUT2D eigenvalue weighted by atomic mass is 10.1. The number of alkyl halides is 1. The third kappa shape index (κ3) is 3.51. The predicted molar refractivity (Wildman–Crippen MR) is 77.9 cm³/mol. The van der Waals surface area contributed by atoms with Crippen molar-refractivity contribution in [3.05, 3.63) is 29.8 Å². The summed E-state index contributed by atoms with van der Waals surface area (Å²) in [6.45, 7) is 0. The number of nitrogens with zero attached hydrogens (tertiary/aromatic N) is 1. The number of nitrogens with one attached hydrogen (secondary N) is 1. The van der Waals surface area contributed by atoms with Crippen LogP contribution in [0.25, 0.3) is 0 Å². The van der Waals surface area contributed by atoms with Crippen LogP contribution in [0.5, 0.6) is 0 Å². The van der Waals surface area contributed by atoms with E-state index < -0.39 is 10.0 Å². The van der Waals surface area contributed by atoms with Gasteiger partial charge in [-0.3, -0.25) is 0 Å². The lowest BCUT2D eigenvalue weighted by Gasteiger charge is -2.16. The Hall–Kier alpha value is -1.09. The van der Waals surface area contributed by atoms with Crippen LogP contribution in [-0.2, 0) is 16.4 Å². The van der Waals surface area contributed by atoms with Crippen LogP contribution in [0.3, 0.4) is 0 Å². The van der Waals surface area contributed by atoms with Gasteiger partial charge in [0.1, 0.15) is 0 Å². The molecule has 2 atom stereocenters. The fourth-order valence-electron chi connectivity index (χ4n) is 2.47. The second kappa shape index (κ2) is 6.57. The van der Waals surface area contributed by atoms with Gasteiger partial charge in [-0.1, -0.05) is 18.6 Å². The van der Waals surface area contributed by atoms with Crippen LogP contribution in [-0.4, -0.2) is 20.3 Å². The van der Waals surface area contributed by atoms with E-state index in [1.807, 2.05) is 0 Å². The Morgan fingerprint density at radius 2 is 2.00 bits per heavy atom. The minimum atomic E-state index is -3.55. The first-order valence-electron chi connectivity index (χ1n) is 6.63. The molecule has 1 N–H and O–H groups in total. The molecule has 0 spiro atoms. The topological polar surface area (TPSA) is 70.0 Å². The van der Waals surface area contributed by atoms with Gasteiger partial charge in [0.25, 0.3) is 0 Å². The van der Waals surface area contributed by atoms with Gasteiger partial charge in [0.05, 0.1) is 16.9 Å². The van der Waals surface area contributed by atoms with Crippen LogP contribution < -0.4 is 4.72 Å². The highest BCUT2D eigenvalue weighted by Gasteiger charge is 2.31. The van der Waals surface area contributed by atoms with E-state index in [1.165, 1.54) is 0 Å². The zero-order chi connectivity index (χ0) is 14.6. The van der Waals surface area contributed by atoms with Crippen LogP contribution in [0.1, 0.15) is 24.8 Å². The van der Waals surface area contributed by atoms with Crippen molar-refractivity contribution in [1.82, 2.24) is 4.72 Å². The van der Waals surface area contributed by atoms with Crippen molar-refractivity contribution >= 4 is 21.6 Å². The molecule has 1 aromatic rings. The van der Waals surface area contributed by atoms with E-state index in [9.17, 15) is 8.42 Å². The molecular formula is C14H17ClN2O2S. The van der Waals surface area contributed by atoms with Crippen molar-refractivity contribution < 1.29 is 8.42 Å². The van der Waals surface area contributed by atoms with Crippen molar-refractivity contribution in [3.8, 4) is 6.07 Å². The zero-order valence-corrected chi connectivity index (χ0v) is 12.6. The summed E-state index contributed by atoms with van der Waals surface area (Å²) >= 11 is 5.65. The fourth-order valence-corrected chi connectivity index (χ4v) is 4.00. The Balaban J connectivity index is 2.12. The van der Waals surface area contributed by atoms with Gasteiger partial charge in [0.2, 0.25) is 10.0 Å². The molecule has 1 aromatic carbocycles. The standard InChI is InChI=1S/C14H17ClN2O2S/c15-9-8-11-4-6-13(7-5-11)20(18,19)17-14-3-1-2-12(14)10-16/h4-7,12,14,17H,1-3,8-9H2. The normalized spacial score (nSPS) is 22.6. The summed E-state index contributed by atoms with van der Waals surface area (Å²) in [7, 11) is -3.55. The Bertz CT molecular complexity index is 593. The molecule has 1 saturated carbocycles. The molecule has 4 nitrogen and oxygen atoms in total. The van der Waals surface area contributed by atoms with E-state index >= 15 is 0 Å². The third-order valence-electron chi connectivity index (χ3n) is 3.61. The average molecular weight is 313 g/mol. The van der Waals surface area contributed by atoms with Gasteiger partial charge in [0, 0.05) is 11.9 Å². The number of halogens is 1. The maximum atomic E-state index is 12.3. The Labute approximate surface area is 124 Å². The Kier molecular flexibility index (Phi) is 5.03. The lowest BCUT2D eigenvalue weighted by molar-refractivity contribution is 0.515. The van der Waals surface area contributed by atoms with Gasteiger partial charge in [0.15, 0.2) is 0 Å². The summed E-state index contributed by atoms with van der Waals surface area (Å²) in [5.41, 5.74) is 1.01. The number of nitriles is 1. The molecule has 1 fully saturated rings. The number of aryl methyl sites for hydroxylation is 1. The van der Waals surface area contributed by atoms with Gasteiger partial charge >= 0.3 is 0 Å². The number of benzene rings is 1. The van der Waals surface area contributed by atoms with E-state index in [2.05, 4.69) is 10.8 Å². The molecule has 0 bridgehead atoms. The minimum Gasteiger partial charge on any atom is -0.207 e. The molecule has 20 heavy (non-hydrogen) atoms. The molecule has 0 radical (unpaired) electrons. The summed E-state index contributed by atoms with van der Waals surface area (Å²) in [4.78, 5) is 0.236. The Morgan fingerprint density at radius 1 is 1.30 bits per heavy atom. The van der Waals surface area contributed by atoms with E-state index in [0.29, 0.717) is 12.3 Å². The summed E-state index contributed by atoms with van der Waals surface area (Å²) in [5.74, 6) is 0.288. The van der Waals surface area contributed by atoms with Crippen molar-refractivity contribution in [3.63, 3.8) is 0 Å². The Morgan fingerprint density at radius 3 is 2.60 bits per heavy atom. The third-order valence-corrected chi connectivity index (χ3v) is 5.30.